The van der Waals surface area contributed by atoms with Crippen LogP contribution in [0.15, 0.2) is 0 Å². The average molecular weight is 345 g/mol. The van der Waals surface area contributed by atoms with E-state index < -0.39 is 0 Å². The fraction of sp³-hybridized carbons (Fsp3) is 0.684. The van der Waals surface area contributed by atoms with E-state index in [1.54, 1.807) is 0 Å². The molecule has 0 saturated heterocycles. The topological polar surface area (TPSA) is 63.8 Å². The lowest BCUT2D eigenvalue weighted by molar-refractivity contribution is 0.430. The molecule has 4 rings (SSSR count). The predicted octanol–water partition coefficient (Wildman–Crippen LogP) is 4.38. The second-order valence-electron chi connectivity index (χ2n) is 7.43. The Bertz CT molecular complexity index is 718. The second-order valence-corrected chi connectivity index (χ2v) is 8.51. The largest absolute Gasteiger partial charge is 0.367 e. The Labute approximate surface area is 148 Å². The summed E-state index contributed by atoms with van der Waals surface area (Å²) < 4.78 is 0. The van der Waals surface area contributed by atoms with Crippen LogP contribution in [0.1, 0.15) is 74.1 Å². The summed E-state index contributed by atoms with van der Waals surface area (Å²) in [5, 5.41) is 4.96. The Balaban J connectivity index is 1.76. The van der Waals surface area contributed by atoms with Crippen molar-refractivity contribution in [2.24, 2.45) is 5.73 Å². The first-order valence-electron chi connectivity index (χ1n) is 9.55. The van der Waals surface area contributed by atoms with Crippen LogP contribution in [0.3, 0.4) is 0 Å². The molecular formula is C19H28N4S. The highest BCUT2D eigenvalue weighted by Gasteiger charge is 2.25. The highest BCUT2D eigenvalue weighted by Crippen LogP contribution is 2.41. The number of thiophene rings is 1. The molecule has 2 aromatic heterocycles. The van der Waals surface area contributed by atoms with Crippen molar-refractivity contribution >= 4 is 27.4 Å². The van der Waals surface area contributed by atoms with Crippen LogP contribution in [0.2, 0.25) is 0 Å². The summed E-state index contributed by atoms with van der Waals surface area (Å²) in [5.41, 5.74) is 7.25. The van der Waals surface area contributed by atoms with Gasteiger partial charge in [0.1, 0.15) is 16.5 Å². The lowest BCUT2D eigenvalue weighted by Gasteiger charge is -2.22. The highest BCUT2D eigenvalue weighted by atomic mass is 32.1. The van der Waals surface area contributed by atoms with Crippen molar-refractivity contribution in [2.75, 3.05) is 11.9 Å². The molecule has 24 heavy (non-hydrogen) atoms. The highest BCUT2D eigenvalue weighted by molar-refractivity contribution is 7.19. The maximum atomic E-state index is 5.74. The standard InChI is InChI=1S/C19H28N4S/c1-12(10-11-20)21-18-16-14-8-5-9-15(14)24-19(16)23-17(22-18)13-6-3-2-4-7-13/h12-13H,2-11,20H2,1H3,(H,21,22,23). The summed E-state index contributed by atoms with van der Waals surface area (Å²) in [6.45, 7) is 2.91. The second kappa shape index (κ2) is 6.96. The van der Waals surface area contributed by atoms with Crippen LogP contribution < -0.4 is 11.1 Å². The van der Waals surface area contributed by atoms with Crippen LogP contribution in [0.5, 0.6) is 0 Å². The molecule has 1 fully saturated rings. The predicted molar refractivity (Wildman–Crippen MR) is 102 cm³/mol. The minimum absolute atomic E-state index is 0.351. The summed E-state index contributed by atoms with van der Waals surface area (Å²) in [7, 11) is 0. The van der Waals surface area contributed by atoms with E-state index in [4.69, 9.17) is 15.7 Å². The van der Waals surface area contributed by atoms with Gasteiger partial charge in [-0.3, -0.25) is 0 Å². The number of rotatable bonds is 5. The molecule has 1 saturated carbocycles. The Morgan fingerprint density at radius 2 is 2.00 bits per heavy atom. The van der Waals surface area contributed by atoms with Gasteiger partial charge in [0.2, 0.25) is 0 Å². The van der Waals surface area contributed by atoms with Gasteiger partial charge in [0.15, 0.2) is 0 Å². The molecule has 0 spiro atoms. The SMILES string of the molecule is CC(CCN)Nc1nc(C2CCCCC2)nc2sc3c(c12)CCC3. The summed E-state index contributed by atoms with van der Waals surface area (Å²) in [4.78, 5) is 12.8. The zero-order chi connectivity index (χ0) is 16.5. The summed E-state index contributed by atoms with van der Waals surface area (Å²) >= 11 is 1.90. The Kier molecular flexibility index (Phi) is 4.72. The van der Waals surface area contributed by atoms with Crippen molar-refractivity contribution < 1.29 is 0 Å². The molecule has 0 aliphatic heterocycles. The summed E-state index contributed by atoms with van der Waals surface area (Å²) in [6, 6.07) is 0.351. The van der Waals surface area contributed by atoms with E-state index in [0.29, 0.717) is 18.5 Å². The molecule has 1 unspecified atom stereocenters. The summed E-state index contributed by atoms with van der Waals surface area (Å²) in [5.74, 6) is 2.69. The minimum atomic E-state index is 0.351. The van der Waals surface area contributed by atoms with E-state index in [2.05, 4.69) is 12.2 Å². The zero-order valence-electron chi connectivity index (χ0n) is 14.6. The number of hydrogen-bond donors (Lipinski definition) is 2. The fourth-order valence-corrected chi connectivity index (χ4v) is 5.48. The molecule has 2 aliphatic rings. The first kappa shape index (κ1) is 16.3. The van der Waals surface area contributed by atoms with Gasteiger partial charge in [0, 0.05) is 16.8 Å². The minimum Gasteiger partial charge on any atom is -0.367 e. The molecular weight excluding hydrogens is 316 g/mol. The lowest BCUT2D eigenvalue weighted by Crippen LogP contribution is -2.21. The molecule has 130 valence electrons. The molecule has 0 amide bonds. The van der Waals surface area contributed by atoms with Gasteiger partial charge in [-0.25, -0.2) is 9.97 Å². The number of hydrogen-bond acceptors (Lipinski definition) is 5. The smallest absolute Gasteiger partial charge is 0.139 e. The van der Waals surface area contributed by atoms with Gasteiger partial charge in [0.05, 0.1) is 5.39 Å². The Hall–Kier alpha value is -1.20. The van der Waals surface area contributed by atoms with Crippen LogP contribution in [-0.4, -0.2) is 22.6 Å². The quantitative estimate of drug-likeness (QED) is 0.845. The molecule has 4 nitrogen and oxygen atoms in total. The van der Waals surface area contributed by atoms with E-state index in [0.717, 1.165) is 18.1 Å². The molecule has 5 heteroatoms. The van der Waals surface area contributed by atoms with Gasteiger partial charge in [-0.15, -0.1) is 11.3 Å². The van der Waals surface area contributed by atoms with Crippen molar-refractivity contribution in [1.29, 1.82) is 0 Å². The zero-order valence-corrected chi connectivity index (χ0v) is 15.4. The van der Waals surface area contributed by atoms with Gasteiger partial charge in [-0.05, 0) is 57.6 Å². The van der Waals surface area contributed by atoms with Crippen molar-refractivity contribution in [3.05, 3.63) is 16.3 Å². The molecule has 3 N–H and O–H groups in total. The van der Waals surface area contributed by atoms with Crippen LogP contribution in [-0.2, 0) is 12.8 Å². The third-order valence-corrected chi connectivity index (χ3v) is 6.72. The number of nitrogens with two attached hydrogens (primary N) is 1. The van der Waals surface area contributed by atoms with Gasteiger partial charge >= 0.3 is 0 Å². The first-order chi connectivity index (χ1) is 11.8. The van der Waals surface area contributed by atoms with Crippen molar-refractivity contribution in [3.63, 3.8) is 0 Å². The van der Waals surface area contributed by atoms with Gasteiger partial charge in [-0.2, -0.15) is 0 Å². The molecule has 2 heterocycles. The number of nitrogens with zero attached hydrogens (tertiary/aromatic N) is 2. The van der Waals surface area contributed by atoms with E-state index >= 15 is 0 Å². The van der Waals surface area contributed by atoms with Crippen LogP contribution >= 0.6 is 11.3 Å². The molecule has 0 radical (unpaired) electrons. The fourth-order valence-electron chi connectivity index (χ4n) is 4.22. The van der Waals surface area contributed by atoms with E-state index in [1.807, 2.05) is 11.3 Å². The Morgan fingerprint density at radius 1 is 1.17 bits per heavy atom. The van der Waals surface area contributed by atoms with Crippen LogP contribution in [0.4, 0.5) is 5.82 Å². The molecule has 2 aliphatic carbocycles. The maximum absolute atomic E-state index is 5.74. The van der Waals surface area contributed by atoms with Crippen LogP contribution in [0.25, 0.3) is 10.2 Å². The van der Waals surface area contributed by atoms with Crippen molar-refractivity contribution in [3.8, 4) is 0 Å². The number of nitrogens with one attached hydrogen (secondary N) is 1. The average Bonchev–Trinajstić information content (AvgIpc) is 3.16. The summed E-state index contributed by atoms with van der Waals surface area (Å²) in [6.07, 6.45) is 11.1. The van der Waals surface area contributed by atoms with Gasteiger partial charge in [-0.1, -0.05) is 19.3 Å². The number of aromatic nitrogens is 2. The van der Waals surface area contributed by atoms with Gasteiger partial charge < -0.3 is 11.1 Å². The first-order valence-corrected chi connectivity index (χ1v) is 10.4. The third-order valence-electron chi connectivity index (χ3n) is 5.54. The third kappa shape index (κ3) is 3.04. The lowest BCUT2D eigenvalue weighted by atomic mass is 9.88. The number of anilines is 1. The maximum Gasteiger partial charge on any atom is 0.139 e. The van der Waals surface area contributed by atoms with Crippen molar-refractivity contribution in [1.82, 2.24) is 9.97 Å². The normalized spacial score (nSPS) is 19.6. The van der Waals surface area contributed by atoms with E-state index in [9.17, 15) is 0 Å². The molecule has 1 atom stereocenters. The molecule has 0 aromatic carbocycles. The Morgan fingerprint density at radius 3 is 2.79 bits per heavy atom. The van der Waals surface area contributed by atoms with Gasteiger partial charge in [0.25, 0.3) is 0 Å². The van der Waals surface area contributed by atoms with Crippen LogP contribution in [0, 0.1) is 0 Å². The number of fused-ring (bicyclic) bond motifs is 3. The van der Waals surface area contributed by atoms with E-state index in [-0.39, 0.29) is 0 Å². The molecule has 0 bridgehead atoms. The monoisotopic (exact) mass is 344 g/mol. The number of aryl methyl sites for hydroxylation is 2. The van der Waals surface area contributed by atoms with E-state index in [1.165, 1.54) is 72.0 Å². The van der Waals surface area contributed by atoms with Crippen molar-refractivity contribution in [2.45, 2.75) is 76.7 Å². The molecule has 2 aromatic rings.